The van der Waals surface area contributed by atoms with Crippen molar-refractivity contribution in [3.05, 3.63) is 91.5 Å². The molecule has 0 N–H and O–H groups in total. The van der Waals surface area contributed by atoms with Crippen LogP contribution in [-0.4, -0.2) is 32.9 Å². The number of carbonyl (C=O) groups is 2. The van der Waals surface area contributed by atoms with Crippen molar-refractivity contribution in [2.75, 3.05) is 6.61 Å². The first-order valence-electron chi connectivity index (χ1n) is 12.3. The van der Waals surface area contributed by atoms with Crippen LogP contribution in [0, 0.1) is 11.7 Å². The number of thioether (sulfide) groups is 1. The van der Waals surface area contributed by atoms with E-state index in [9.17, 15) is 36.7 Å². The first-order valence-corrected chi connectivity index (χ1v) is 13.5. The van der Waals surface area contributed by atoms with Gasteiger partial charge >= 0.3 is 23.8 Å². The van der Waals surface area contributed by atoms with Crippen LogP contribution in [0.4, 0.5) is 17.6 Å². The van der Waals surface area contributed by atoms with Gasteiger partial charge in [-0.2, -0.15) is 13.2 Å². The third-order valence-electron chi connectivity index (χ3n) is 6.18. The van der Waals surface area contributed by atoms with Crippen molar-refractivity contribution < 1.29 is 36.6 Å². The largest absolute Gasteiger partial charge is 0.464 e. The van der Waals surface area contributed by atoms with Gasteiger partial charge < -0.3 is 9.47 Å². The van der Waals surface area contributed by atoms with Crippen LogP contribution in [0.25, 0.3) is 5.69 Å². The SMILES string of the molecule is Cn1c(C(F)(F)F)cc(=O)n(-c2cc(SC(C(=O)OCCC(=O)OCc3ccccc3)C3CC3)c(Cl)cc2F)c1=O. The summed E-state index contributed by atoms with van der Waals surface area (Å²) in [6.45, 7) is -0.166. The monoisotopic (exact) mass is 614 g/mol. The van der Waals surface area contributed by atoms with Gasteiger partial charge in [0, 0.05) is 18.0 Å². The molecule has 0 spiro atoms. The molecule has 0 bridgehead atoms. The third-order valence-corrected chi connectivity index (χ3v) is 8.03. The molecule has 2 aromatic carbocycles. The number of carbonyl (C=O) groups excluding carboxylic acids is 2. The zero-order chi connectivity index (χ0) is 29.9. The minimum absolute atomic E-state index is 0.0741. The van der Waals surface area contributed by atoms with Crippen LogP contribution in [-0.2, 0) is 38.9 Å². The van der Waals surface area contributed by atoms with Crippen LogP contribution in [0.1, 0.15) is 30.5 Å². The summed E-state index contributed by atoms with van der Waals surface area (Å²) < 4.78 is 65.4. The van der Waals surface area contributed by atoms with Crippen molar-refractivity contribution in [2.24, 2.45) is 13.0 Å². The van der Waals surface area contributed by atoms with Gasteiger partial charge in [-0.05, 0) is 36.5 Å². The van der Waals surface area contributed by atoms with E-state index in [4.69, 9.17) is 21.1 Å². The Bertz CT molecular complexity index is 1570. The molecule has 1 aromatic heterocycles. The number of rotatable bonds is 10. The number of alkyl halides is 3. The van der Waals surface area contributed by atoms with Crippen molar-refractivity contribution >= 4 is 35.3 Å². The summed E-state index contributed by atoms with van der Waals surface area (Å²) in [5.74, 6) is -2.45. The summed E-state index contributed by atoms with van der Waals surface area (Å²) in [4.78, 5) is 50.2. The van der Waals surface area contributed by atoms with Gasteiger partial charge in [-0.25, -0.2) is 13.8 Å². The topological polar surface area (TPSA) is 96.6 Å². The molecule has 1 unspecified atom stereocenters. The summed E-state index contributed by atoms with van der Waals surface area (Å²) in [5.41, 5.74) is -4.13. The molecule has 0 amide bonds. The second-order valence-corrected chi connectivity index (χ2v) is 10.8. The maximum absolute atomic E-state index is 14.9. The van der Waals surface area contributed by atoms with E-state index in [0.717, 1.165) is 36.5 Å². The maximum atomic E-state index is 14.9. The molecule has 1 atom stereocenters. The molecule has 0 radical (unpaired) electrons. The second-order valence-electron chi connectivity index (χ2n) is 9.22. The maximum Gasteiger partial charge on any atom is 0.431 e. The van der Waals surface area contributed by atoms with E-state index in [1.54, 1.807) is 24.3 Å². The summed E-state index contributed by atoms with van der Waals surface area (Å²) in [6, 6.07) is 11.1. The molecule has 1 aliphatic rings. The molecule has 4 rings (SSSR count). The molecule has 1 aliphatic carbocycles. The highest BCUT2D eigenvalue weighted by molar-refractivity contribution is 8.00. The molecule has 8 nitrogen and oxygen atoms in total. The van der Waals surface area contributed by atoms with Crippen molar-refractivity contribution in [2.45, 2.75) is 42.2 Å². The average molecular weight is 615 g/mol. The number of hydrogen-bond donors (Lipinski definition) is 0. The van der Waals surface area contributed by atoms with Gasteiger partial charge in [-0.15, -0.1) is 11.8 Å². The Morgan fingerprint density at radius 3 is 2.41 bits per heavy atom. The van der Waals surface area contributed by atoms with E-state index in [1.165, 1.54) is 0 Å². The van der Waals surface area contributed by atoms with Crippen LogP contribution in [0.3, 0.4) is 0 Å². The standard InChI is InChI=1S/C27H23ClF4N2O6S/c1-33-21(27(30,31)32)13-22(35)34(26(33)38)19-12-20(17(28)11-18(19)29)41-24(16-7-8-16)25(37)39-10-9-23(36)40-14-15-5-3-2-4-6-15/h2-6,11-13,16,24H,7-10,14H2,1H3. The highest BCUT2D eigenvalue weighted by Crippen LogP contribution is 2.44. The fraction of sp³-hybridized carbons (Fsp3) is 0.333. The summed E-state index contributed by atoms with van der Waals surface area (Å²) >= 11 is 7.10. The van der Waals surface area contributed by atoms with E-state index in [0.29, 0.717) is 12.8 Å². The van der Waals surface area contributed by atoms with Crippen LogP contribution in [0.2, 0.25) is 5.02 Å². The van der Waals surface area contributed by atoms with Gasteiger partial charge in [0.2, 0.25) is 0 Å². The Morgan fingerprint density at radius 1 is 1.10 bits per heavy atom. The lowest BCUT2D eigenvalue weighted by Gasteiger charge is -2.18. The Hall–Kier alpha value is -3.58. The Kier molecular flexibility index (Phi) is 9.27. The van der Waals surface area contributed by atoms with Crippen LogP contribution >= 0.6 is 23.4 Å². The molecular weight excluding hydrogens is 592 g/mol. The predicted molar refractivity (Wildman–Crippen MR) is 141 cm³/mol. The van der Waals surface area contributed by atoms with Crippen LogP contribution in [0.15, 0.2) is 63.0 Å². The van der Waals surface area contributed by atoms with Gasteiger partial charge in [0.25, 0.3) is 5.56 Å². The second kappa shape index (κ2) is 12.5. The molecule has 3 aromatic rings. The molecule has 0 saturated heterocycles. The smallest absolute Gasteiger partial charge is 0.431 e. The number of halogens is 5. The molecule has 14 heteroatoms. The van der Waals surface area contributed by atoms with E-state index in [1.807, 2.05) is 6.07 Å². The van der Waals surface area contributed by atoms with Crippen molar-refractivity contribution in [1.82, 2.24) is 9.13 Å². The van der Waals surface area contributed by atoms with E-state index < -0.39 is 51.8 Å². The lowest BCUT2D eigenvalue weighted by Crippen LogP contribution is -2.41. The molecule has 0 aliphatic heterocycles. The minimum atomic E-state index is -4.98. The van der Waals surface area contributed by atoms with Crippen LogP contribution < -0.4 is 11.2 Å². The number of ether oxygens (including phenoxy) is 2. The number of esters is 2. The first-order chi connectivity index (χ1) is 19.4. The molecular formula is C27H23ClF4N2O6S. The van der Waals surface area contributed by atoms with Crippen LogP contribution in [0.5, 0.6) is 0 Å². The fourth-order valence-corrected chi connectivity index (χ4v) is 5.44. The summed E-state index contributed by atoms with van der Waals surface area (Å²) in [7, 11) is 0.807. The molecule has 218 valence electrons. The third kappa shape index (κ3) is 7.39. The Morgan fingerprint density at radius 2 is 1.78 bits per heavy atom. The van der Waals surface area contributed by atoms with Crippen molar-refractivity contribution in [1.29, 1.82) is 0 Å². The average Bonchev–Trinajstić information content (AvgIpc) is 3.75. The summed E-state index contributed by atoms with van der Waals surface area (Å²) in [5, 5.41) is -0.950. The first kappa shape index (κ1) is 30.4. The highest BCUT2D eigenvalue weighted by atomic mass is 35.5. The molecule has 1 saturated carbocycles. The number of benzene rings is 2. The fourth-order valence-electron chi connectivity index (χ4n) is 3.90. The van der Waals surface area contributed by atoms with E-state index >= 15 is 0 Å². The van der Waals surface area contributed by atoms with Gasteiger partial charge in [0.15, 0.2) is 0 Å². The van der Waals surface area contributed by atoms with E-state index in [-0.39, 0.29) is 50.7 Å². The van der Waals surface area contributed by atoms with Gasteiger partial charge in [-0.3, -0.25) is 19.0 Å². The lowest BCUT2D eigenvalue weighted by molar-refractivity contribution is -0.150. The van der Waals surface area contributed by atoms with E-state index in [2.05, 4.69) is 0 Å². The number of hydrogen-bond acceptors (Lipinski definition) is 7. The van der Waals surface area contributed by atoms with Gasteiger partial charge in [0.1, 0.15) is 30.0 Å². The molecule has 41 heavy (non-hydrogen) atoms. The lowest BCUT2D eigenvalue weighted by atomic mass is 10.2. The molecule has 1 heterocycles. The van der Waals surface area contributed by atoms with Crippen molar-refractivity contribution in [3.63, 3.8) is 0 Å². The molecule has 1 fully saturated rings. The zero-order valence-electron chi connectivity index (χ0n) is 21.5. The quantitative estimate of drug-likeness (QED) is 0.182. The number of aromatic nitrogens is 2. The highest BCUT2D eigenvalue weighted by Gasteiger charge is 2.39. The van der Waals surface area contributed by atoms with Gasteiger partial charge in [-0.1, -0.05) is 41.9 Å². The van der Waals surface area contributed by atoms with Gasteiger partial charge in [0.05, 0.1) is 17.1 Å². The Labute approximate surface area is 239 Å². The minimum Gasteiger partial charge on any atom is -0.464 e. The predicted octanol–water partition coefficient (Wildman–Crippen LogP) is 4.89. The van der Waals surface area contributed by atoms with Crippen molar-refractivity contribution in [3.8, 4) is 5.69 Å². The Balaban J connectivity index is 1.48. The zero-order valence-corrected chi connectivity index (χ0v) is 23.0. The number of nitrogens with zero attached hydrogens (tertiary/aromatic N) is 2. The normalized spacial score (nSPS) is 14.0. The summed E-state index contributed by atoms with van der Waals surface area (Å²) in [6.07, 6.45) is -3.78.